The molecule has 0 spiro atoms. The first-order chi connectivity index (χ1) is 14.5. The average Bonchev–Trinajstić information content (AvgIpc) is 3.21. The van der Waals surface area contributed by atoms with E-state index in [1.54, 1.807) is 23.9 Å². The number of amides is 1. The molecule has 0 saturated carbocycles. The highest BCUT2D eigenvalue weighted by atomic mass is 35.5. The number of methoxy groups -OCH3 is 1. The minimum Gasteiger partial charge on any atom is -0.497 e. The zero-order valence-corrected chi connectivity index (χ0v) is 17.2. The second-order valence-electron chi connectivity index (χ2n) is 6.70. The Morgan fingerprint density at radius 2 is 1.77 bits per heavy atom. The second kappa shape index (κ2) is 8.39. The van der Waals surface area contributed by atoms with Crippen molar-refractivity contribution < 1.29 is 9.53 Å². The minimum absolute atomic E-state index is 0.0568. The lowest BCUT2D eigenvalue weighted by atomic mass is 10.2. The molecule has 0 aliphatic heterocycles. The third-order valence-corrected chi connectivity index (χ3v) is 4.76. The summed E-state index contributed by atoms with van der Waals surface area (Å²) < 4.78 is 6.84. The maximum absolute atomic E-state index is 12.8. The molecule has 0 fully saturated rings. The van der Waals surface area contributed by atoms with Gasteiger partial charge in [0.05, 0.1) is 12.8 Å². The number of ether oxygens (including phenoxy) is 1. The predicted molar refractivity (Wildman–Crippen MR) is 117 cm³/mol. The van der Waals surface area contributed by atoms with E-state index in [1.807, 2.05) is 67.6 Å². The monoisotopic (exact) mass is 418 g/mol. The van der Waals surface area contributed by atoms with Crippen LogP contribution in [-0.2, 0) is 0 Å². The van der Waals surface area contributed by atoms with E-state index in [2.05, 4.69) is 15.4 Å². The number of halogens is 1. The molecule has 0 saturated heterocycles. The summed E-state index contributed by atoms with van der Waals surface area (Å²) in [5, 5.41) is 7.86. The number of aryl methyl sites for hydroxylation is 1. The molecule has 1 amide bonds. The van der Waals surface area contributed by atoms with Crippen molar-refractivity contribution in [3.63, 3.8) is 0 Å². The molecule has 7 heteroatoms. The van der Waals surface area contributed by atoms with Crippen molar-refractivity contribution in [1.82, 2.24) is 14.8 Å². The molecule has 0 aliphatic rings. The smallest absolute Gasteiger partial charge is 0.295 e. The van der Waals surface area contributed by atoms with Crippen molar-refractivity contribution in [3.05, 3.63) is 89.2 Å². The molecule has 0 bridgehead atoms. The lowest BCUT2D eigenvalue weighted by molar-refractivity contribution is 0.101. The third kappa shape index (κ3) is 4.18. The first-order valence-electron chi connectivity index (χ1n) is 9.29. The molecule has 150 valence electrons. The van der Waals surface area contributed by atoms with Crippen LogP contribution in [0.1, 0.15) is 16.2 Å². The highest BCUT2D eigenvalue weighted by Gasteiger charge is 2.19. The lowest BCUT2D eigenvalue weighted by Crippen LogP contribution is -2.14. The van der Waals surface area contributed by atoms with E-state index in [9.17, 15) is 4.79 Å². The Balaban J connectivity index is 1.74. The van der Waals surface area contributed by atoms with Gasteiger partial charge in [0.15, 0.2) is 5.82 Å². The van der Waals surface area contributed by atoms with Crippen LogP contribution in [0.2, 0.25) is 5.02 Å². The van der Waals surface area contributed by atoms with Gasteiger partial charge in [0.2, 0.25) is 5.82 Å². The topological polar surface area (TPSA) is 69.0 Å². The highest BCUT2D eigenvalue weighted by molar-refractivity contribution is 6.30. The van der Waals surface area contributed by atoms with E-state index in [1.165, 1.54) is 0 Å². The quantitative estimate of drug-likeness (QED) is 0.486. The molecular weight excluding hydrogens is 400 g/mol. The summed E-state index contributed by atoms with van der Waals surface area (Å²) in [4.78, 5) is 17.3. The van der Waals surface area contributed by atoms with E-state index in [0.717, 1.165) is 16.9 Å². The minimum atomic E-state index is -0.394. The first-order valence-corrected chi connectivity index (χ1v) is 9.67. The number of carbonyl (C=O) groups excluding carboxylic acids is 1. The molecule has 0 unspecified atom stereocenters. The molecule has 4 aromatic rings. The van der Waals surface area contributed by atoms with Crippen molar-refractivity contribution in [2.75, 3.05) is 12.4 Å². The Bertz CT molecular complexity index is 1180. The number of nitrogens with zero attached hydrogens (tertiary/aromatic N) is 3. The number of aromatic nitrogens is 3. The van der Waals surface area contributed by atoms with Gasteiger partial charge in [-0.1, -0.05) is 35.4 Å². The van der Waals surface area contributed by atoms with E-state index in [4.69, 9.17) is 16.3 Å². The van der Waals surface area contributed by atoms with Crippen molar-refractivity contribution in [2.45, 2.75) is 6.92 Å². The van der Waals surface area contributed by atoms with E-state index in [0.29, 0.717) is 22.2 Å². The number of hydrogen-bond acceptors (Lipinski definition) is 4. The normalized spacial score (nSPS) is 10.6. The first kappa shape index (κ1) is 19.7. The molecule has 3 aromatic carbocycles. The summed E-state index contributed by atoms with van der Waals surface area (Å²) in [6, 6.07) is 22.2. The molecule has 1 heterocycles. The van der Waals surface area contributed by atoms with Gasteiger partial charge in [-0.2, -0.15) is 0 Å². The summed E-state index contributed by atoms with van der Waals surface area (Å²) >= 11 is 6.16. The average molecular weight is 419 g/mol. The Kier molecular flexibility index (Phi) is 5.50. The van der Waals surface area contributed by atoms with E-state index >= 15 is 0 Å². The maximum atomic E-state index is 12.8. The Hall–Kier alpha value is -3.64. The Labute approximate surface area is 179 Å². The molecule has 1 aromatic heterocycles. The van der Waals surface area contributed by atoms with Crippen molar-refractivity contribution in [2.24, 2.45) is 0 Å². The number of benzene rings is 3. The van der Waals surface area contributed by atoms with Gasteiger partial charge >= 0.3 is 0 Å². The fourth-order valence-electron chi connectivity index (χ4n) is 2.95. The summed E-state index contributed by atoms with van der Waals surface area (Å²) in [6.07, 6.45) is 0. The molecule has 1 N–H and O–H groups in total. The second-order valence-corrected chi connectivity index (χ2v) is 7.14. The van der Waals surface area contributed by atoms with Gasteiger partial charge in [-0.25, -0.2) is 9.67 Å². The van der Waals surface area contributed by atoms with Crippen LogP contribution in [0.3, 0.4) is 0 Å². The van der Waals surface area contributed by atoms with Crippen LogP contribution in [0.15, 0.2) is 72.8 Å². The van der Waals surface area contributed by atoms with Crippen LogP contribution in [0.4, 0.5) is 5.69 Å². The van der Waals surface area contributed by atoms with E-state index < -0.39 is 5.91 Å². The Morgan fingerprint density at radius 1 is 1.03 bits per heavy atom. The zero-order chi connectivity index (χ0) is 21.1. The van der Waals surface area contributed by atoms with Crippen LogP contribution >= 0.6 is 11.6 Å². The zero-order valence-electron chi connectivity index (χ0n) is 16.5. The standard InChI is InChI=1S/C23H19ClN4O2/c1-15-6-10-18(11-7-15)25-23(29)21-26-22(16-8-12-20(30-2)13-9-16)28(27-21)19-5-3-4-17(24)14-19/h3-14H,1-2H3,(H,25,29). The number of hydrogen-bond donors (Lipinski definition) is 1. The molecule has 30 heavy (non-hydrogen) atoms. The molecule has 0 radical (unpaired) electrons. The van der Waals surface area contributed by atoms with Gasteiger partial charge in [-0.15, -0.1) is 5.10 Å². The van der Waals surface area contributed by atoms with Crippen LogP contribution in [0.5, 0.6) is 5.75 Å². The summed E-state index contributed by atoms with van der Waals surface area (Å²) in [5.41, 5.74) is 3.28. The summed E-state index contributed by atoms with van der Waals surface area (Å²) in [5.74, 6) is 0.912. The van der Waals surface area contributed by atoms with E-state index in [-0.39, 0.29) is 5.82 Å². The molecule has 4 rings (SSSR count). The van der Waals surface area contributed by atoms with Crippen molar-refractivity contribution in [3.8, 4) is 22.8 Å². The maximum Gasteiger partial charge on any atom is 0.295 e. The van der Waals surface area contributed by atoms with Crippen molar-refractivity contribution >= 4 is 23.2 Å². The largest absolute Gasteiger partial charge is 0.497 e. The van der Waals surface area contributed by atoms with Gasteiger partial charge in [0.25, 0.3) is 5.91 Å². The summed E-state index contributed by atoms with van der Waals surface area (Å²) in [7, 11) is 1.61. The molecule has 0 aliphatic carbocycles. The number of rotatable bonds is 5. The van der Waals surface area contributed by atoms with Crippen LogP contribution in [0.25, 0.3) is 17.1 Å². The van der Waals surface area contributed by atoms with Gasteiger partial charge < -0.3 is 10.1 Å². The van der Waals surface area contributed by atoms with Crippen LogP contribution in [0, 0.1) is 6.92 Å². The number of carbonyl (C=O) groups is 1. The predicted octanol–water partition coefficient (Wildman–Crippen LogP) is 5.16. The van der Waals surface area contributed by atoms with Crippen molar-refractivity contribution in [1.29, 1.82) is 0 Å². The fourth-order valence-corrected chi connectivity index (χ4v) is 3.13. The van der Waals surface area contributed by atoms with Gasteiger partial charge in [-0.3, -0.25) is 4.79 Å². The van der Waals surface area contributed by atoms with Gasteiger partial charge in [0.1, 0.15) is 5.75 Å². The number of nitrogens with one attached hydrogen (secondary N) is 1. The highest BCUT2D eigenvalue weighted by Crippen LogP contribution is 2.25. The summed E-state index contributed by atoms with van der Waals surface area (Å²) in [6.45, 7) is 1.99. The van der Waals surface area contributed by atoms with Crippen LogP contribution < -0.4 is 10.1 Å². The molecule has 6 nitrogen and oxygen atoms in total. The SMILES string of the molecule is COc1ccc(-c2nc(C(=O)Nc3ccc(C)cc3)nn2-c2cccc(Cl)c2)cc1. The van der Waals surface area contributed by atoms with Gasteiger partial charge in [-0.05, 0) is 61.5 Å². The number of anilines is 1. The van der Waals surface area contributed by atoms with Crippen LogP contribution in [-0.4, -0.2) is 27.8 Å². The Morgan fingerprint density at radius 3 is 2.43 bits per heavy atom. The lowest BCUT2D eigenvalue weighted by Gasteiger charge is -2.07. The molecular formula is C23H19ClN4O2. The fraction of sp³-hybridized carbons (Fsp3) is 0.0870. The molecule has 0 atom stereocenters. The third-order valence-electron chi connectivity index (χ3n) is 4.52. The van der Waals surface area contributed by atoms with Gasteiger partial charge in [0, 0.05) is 16.3 Å².